The minimum Gasteiger partial charge on any atom is -0.496 e. The number of hydrogen-bond acceptors (Lipinski definition) is 3. The second-order valence-corrected chi connectivity index (χ2v) is 7.65. The summed E-state index contributed by atoms with van der Waals surface area (Å²) in [5, 5.41) is 3.42. The Labute approximate surface area is 147 Å². The molecular formula is C21H34N2O. The van der Waals surface area contributed by atoms with Crippen molar-refractivity contribution in [2.75, 3.05) is 27.2 Å². The zero-order chi connectivity index (χ0) is 16.9. The smallest absolute Gasteiger partial charge is 0.125 e. The molecule has 0 atom stereocenters. The zero-order valence-electron chi connectivity index (χ0n) is 15.7. The highest BCUT2D eigenvalue weighted by atomic mass is 16.5. The molecule has 0 radical (unpaired) electrons. The van der Waals surface area contributed by atoms with E-state index in [4.69, 9.17) is 4.74 Å². The zero-order valence-corrected chi connectivity index (χ0v) is 15.7. The van der Waals surface area contributed by atoms with Gasteiger partial charge >= 0.3 is 0 Å². The average molecular weight is 331 g/mol. The fourth-order valence-electron chi connectivity index (χ4n) is 4.55. The van der Waals surface area contributed by atoms with E-state index >= 15 is 0 Å². The van der Waals surface area contributed by atoms with E-state index in [1.165, 1.54) is 74.7 Å². The number of benzene rings is 1. The molecule has 24 heavy (non-hydrogen) atoms. The van der Waals surface area contributed by atoms with Gasteiger partial charge in [0.1, 0.15) is 5.75 Å². The molecule has 1 aliphatic heterocycles. The molecule has 0 amide bonds. The van der Waals surface area contributed by atoms with Crippen molar-refractivity contribution in [3.8, 4) is 5.75 Å². The molecular weight excluding hydrogens is 296 g/mol. The third-order valence-electron chi connectivity index (χ3n) is 6.19. The summed E-state index contributed by atoms with van der Waals surface area (Å²) in [5.74, 6) is 1.86. The number of methoxy groups -OCH3 is 1. The monoisotopic (exact) mass is 330 g/mol. The van der Waals surface area contributed by atoms with E-state index in [0.717, 1.165) is 12.3 Å². The van der Waals surface area contributed by atoms with Crippen LogP contribution in [0.15, 0.2) is 12.1 Å². The lowest BCUT2D eigenvalue weighted by Crippen LogP contribution is -2.40. The minimum atomic E-state index is 0.700. The molecule has 0 bridgehead atoms. The van der Waals surface area contributed by atoms with Crippen LogP contribution in [-0.2, 0) is 6.54 Å². The molecule has 3 nitrogen and oxygen atoms in total. The van der Waals surface area contributed by atoms with Crippen molar-refractivity contribution in [2.45, 2.75) is 70.4 Å². The molecule has 0 unspecified atom stereocenters. The van der Waals surface area contributed by atoms with Gasteiger partial charge < -0.3 is 10.1 Å². The van der Waals surface area contributed by atoms with Crippen LogP contribution in [0.5, 0.6) is 5.75 Å². The molecule has 134 valence electrons. The normalized spacial score (nSPS) is 21.1. The summed E-state index contributed by atoms with van der Waals surface area (Å²) >= 11 is 0. The molecule has 0 spiro atoms. The van der Waals surface area contributed by atoms with Crippen LogP contribution >= 0.6 is 0 Å². The first-order valence-electron chi connectivity index (χ1n) is 9.79. The number of hydrogen-bond donors (Lipinski definition) is 1. The highest BCUT2D eigenvalue weighted by molar-refractivity contribution is 5.47. The highest BCUT2D eigenvalue weighted by Gasteiger charge is 2.23. The predicted octanol–water partition coefficient (Wildman–Crippen LogP) is 4.24. The maximum absolute atomic E-state index is 5.87. The fourth-order valence-corrected chi connectivity index (χ4v) is 4.55. The summed E-state index contributed by atoms with van der Waals surface area (Å²) < 4.78 is 5.87. The van der Waals surface area contributed by atoms with Gasteiger partial charge in [0.15, 0.2) is 0 Å². The van der Waals surface area contributed by atoms with E-state index in [9.17, 15) is 0 Å². The van der Waals surface area contributed by atoms with E-state index in [1.807, 2.05) is 7.11 Å². The summed E-state index contributed by atoms with van der Waals surface area (Å²) in [4.78, 5) is 2.59. The van der Waals surface area contributed by atoms with Gasteiger partial charge in [-0.1, -0.05) is 31.4 Å². The Morgan fingerprint density at radius 2 is 1.79 bits per heavy atom. The van der Waals surface area contributed by atoms with Crippen LogP contribution in [0.2, 0.25) is 0 Å². The molecule has 2 aliphatic rings. The molecule has 1 aromatic carbocycles. The van der Waals surface area contributed by atoms with Crippen molar-refractivity contribution in [1.82, 2.24) is 10.2 Å². The van der Waals surface area contributed by atoms with E-state index in [-0.39, 0.29) is 0 Å². The molecule has 1 aromatic rings. The van der Waals surface area contributed by atoms with Crippen molar-refractivity contribution in [3.63, 3.8) is 0 Å². The van der Waals surface area contributed by atoms with Crippen LogP contribution in [0, 0.1) is 6.92 Å². The quantitative estimate of drug-likeness (QED) is 0.874. The van der Waals surface area contributed by atoms with Gasteiger partial charge in [-0.25, -0.2) is 0 Å². The van der Waals surface area contributed by atoms with Gasteiger partial charge in [-0.3, -0.25) is 4.90 Å². The van der Waals surface area contributed by atoms with Gasteiger partial charge in [0, 0.05) is 12.6 Å². The Morgan fingerprint density at radius 3 is 2.42 bits per heavy atom. The molecule has 0 aromatic heterocycles. The van der Waals surface area contributed by atoms with Crippen LogP contribution in [0.25, 0.3) is 0 Å². The molecule has 3 rings (SSSR count). The number of nitrogens with one attached hydrogen (secondary N) is 1. The molecule has 1 aliphatic carbocycles. The van der Waals surface area contributed by atoms with Crippen molar-refractivity contribution in [1.29, 1.82) is 0 Å². The van der Waals surface area contributed by atoms with E-state index in [2.05, 4.69) is 36.3 Å². The van der Waals surface area contributed by atoms with Gasteiger partial charge in [-0.2, -0.15) is 0 Å². The molecule has 1 saturated heterocycles. The first kappa shape index (κ1) is 17.8. The summed E-state index contributed by atoms with van der Waals surface area (Å²) in [5.41, 5.74) is 4.25. The summed E-state index contributed by atoms with van der Waals surface area (Å²) in [6.45, 7) is 5.69. The maximum Gasteiger partial charge on any atom is 0.125 e. The molecule has 1 heterocycles. The van der Waals surface area contributed by atoms with Crippen molar-refractivity contribution >= 4 is 0 Å². The number of ether oxygens (including phenoxy) is 1. The van der Waals surface area contributed by atoms with Gasteiger partial charge in [-0.05, 0) is 75.4 Å². The van der Waals surface area contributed by atoms with Gasteiger partial charge in [0.05, 0.1) is 7.11 Å². The number of rotatable bonds is 5. The van der Waals surface area contributed by atoms with Crippen LogP contribution in [0.3, 0.4) is 0 Å². The molecule has 1 N–H and O–H groups in total. The van der Waals surface area contributed by atoms with Crippen LogP contribution in [0.4, 0.5) is 0 Å². The number of likely N-dealkylation sites (tertiary alicyclic amines) is 1. The van der Waals surface area contributed by atoms with Crippen LogP contribution in [0.1, 0.15) is 67.6 Å². The van der Waals surface area contributed by atoms with Crippen molar-refractivity contribution in [3.05, 3.63) is 28.8 Å². The lowest BCUT2D eigenvalue weighted by atomic mass is 9.82. The first-order chi connectivity index (χ1) is 11.7. The Bertz CT molecular complexity index is 529. The number of nitrogens with zero attached hydrogens (tertiary/aromatic N) is 1. The minimum absolute atomic E-state index is 0.700. The highest BCUT2D eigenvalue weighted by Crippen LogP contribution is 2.40. The topological polar surface area (TPSA) is 24.5 Å². The summed E-state index contributed by atoms with van der Waals surface area (Å²) in [6.07, 6.45) is 9.31. The second kappa shape index (κ2) is 8.35. The Morgan fingerprint density at radius 1 is 1.08 bits per heavy atom. The maximum atomic E-state index is 5.87. The summed E-state index contributed by atoms with van der Waals surface area (Å²) in [6, 6.07) is 5.43. The van der Waals surface area contributed by atoms with Crippen LogP contribution in [-0.4, -0.2) is 38.2 Å². The standard InChI is InChI=1S/C21H34N2O/c1-16-18(15-23-13-11-19(22-2)12-14-23)9-10-20(21(16)24-3)17-7-5-4-6-8-17/h9-10,17,19,22H,4-8,11-15H2,1-3H3. The summed E-state index contributed by atoms with van der Waals surface area (Å²) in [7, 11) is 3.93. The van der Waals surface area contributed by atoms with E-state index in [0.29, 0.717) is 12.0 Å². The SMILES string of the molecule is CNC1CCN(Cc2ccc(C3CCCCC3)c(OC)c2C)CC1. The predicted molar refractivity (Wildman–Crippen MR) is 101 cm³/mol. The fraction of sp³-hybridized carbons (Fsp3) is 0.714. The number of piperidine rings is 1. The third kappa shape index (κ3) is 3.94. The lowest BCUT2D eigenvalue weighted by Gasteiger charge is -2.32. The lowest BCUT2D eigenvalue weighted by molar-refractivity contribution is 0.194. The largest absolute Gasteiger partial charge is 0.496 e. The second-order valence-electron chi connectivity index (χ2n) is 7.65. The molecule has 1 saturated carbocycles. The van der Waals surface area contributed by atoms with Crippen LogP contribution < -0.4 is 10.1 Å². The average Bonchev–Trinajstić information content (AvgIpc) is 2.64. The Balaban J connectivity index is 1.72. The molecule has 2 fully saturated rings. The molecule has 3 heteroatoms. The van der Waals surface area contributed by atoms with Gasteiger partial charge in [0.2, 0.25) is 0 Å². The van der Waals surface area contributed by atoms with E-state index < -0.39 is 0 Å². The Hall–Kier alpha value is -1.06. The third-order valence-corrected chi connectivity index (χ3v) is 6.19. The Kier molecular flexibility index (Phi) is 6.18. The van der Waals surface area contributed by atoms with Gasteiger partial charge in [-0.15, -0.1) is 0 Å². The van der Waals surface area contributed by atoms with Crippen molar-refractivity contribution < 1.29 is 4.74 Å². The first-order valence-corrected chi connectivity index (χ1v) is 9.79. The van der Waals surface area contributed by atoms with Crippen molar-refractivity contribution in [2.24, 2.45) is 0 Å². The van der Waals surface area contributed by atoms with E-state index in [1.54, 1.807) is 0 Å². The van der Waals surface area contributed by atoms with Gasteiger partial charge in [0.25, 0.3) is 0 Å².